The van der Waals surface area contributed by atoms with E-state index in [0.717, 1.165) is 31.0 Å². The number of hydrogen-bond acceptors (Lipinski definition) is 4. The third-order valence-electron chi connectivity index (χ3n) is 3.96. The summed E-state index contributed by atoms with van der Waals surface area (Å²) in [5.74, 6) is 0. The van der Waals surface area contributed by atoms with Crippen LogP contribution in [0, 0.1) is 0 Å². The highest BCUT2D eigenvalue weighted by Gasteiger charge is 2.21. The predicted octanol–water partition coefficient (Wildman–Crippen LogP) is 7.98. The van der Waals surface area contributed by atoms with Crippen molar-refractivity contribution in [3.63, 3.8) is 0 Å². The first-order valence-corrected chi connectivity index (χ1v) is 13.9. The molecule has 1 aromatic rings. The third-order valence-corrected chi connectivity index (χ3v) is 8.90. The Morgan fingerprint density at radius 2 is 1.24 bits per heavy atom. The van der Waals surface area contributed by atoms with E-state index in [2.05, 4.69) is 26.0 Å². The standard InChI is InChI=1S/C20H35O2PS2/c1-3-5-7-9-14-18-21-23(24,22-19-15-10-8-6-4-2)25-20-16-12-11-13-17-20/h11-13,16-17H,3-10,14-15,18-19H2,1-2H3. The highest BCUT2D eigenvalue weighted by Crippen LogP contribution is 2.64. The summed E-state index contributed by atoms with van der Waals surface area (Å²) in [5.41, 5.74) is -2.30. The van der Waals surface area contributed by atoms with Gasteiger partial charge in [0.15, 0.2) is 0 Å². The zero-order valence-electron chi connectivity index (χ0n) is 16.0. The van der Waals surface area contributed by atoms with Gasteiger partial charge in [-0.2, -0.15) is 0 Å². The van der Waals surface area contributed by atoms with Crippen molar-refractivity contribution in [2.24, 2.45) is 0 Å². The van der Waals surface area contributed by atoms with Gasteiger partial charge in [0.2, 0.25) is 0 Å². The van der Waals surface area contributed by atoms with E-state index in [9.17, 15) is 0 Å². The molecule has 0 spiro atoms. The number of rotatable bonds is 16. The molecule has 0 aliphatic carbocycles. The van der Waals surface area contributed by atoms with Crippen molar-refractivity contribution in [3.05, 3.63) is 30.3 Å². The van der Waals surface area contributed by atoms with Crippen LogP contribution >= 0.6 is 17.1 Å². The first kappa shape index (κ1) is 23.2. The minimum atomic E-state index is -2.30. The molecule has 0 aromatic heterocycles. The molecule has 144 valence electrons. The molecule has 1 rings (SSSR count). The maximum atomic E-state index is 6.11. The summed E-state index contributed by atoms with van der Waals surface area (Å²) >= 11 is 7.42. The van der Waals surface area contributed by atoms with Gasteiger partial charge in [0.25, 0.3) is 5.69 Å². The van der Waals surface area contributed by atoms with Gasteiger partial charge in [0.05, 0.1) is 13.2 Å². The maximum absolute atomic E-state index is 6.11. The molecule has 0 atom stereocenters. The summed E-state index contributed by atoms with van der Waals surface area (Å²) in [5, 5.41) is 0. The van der Waals surface area contributed by atoms with Crippen LogP contribution in [0.25, 0.3) is 0 Å². The quantitative estimate of drug-likeness (QED) is 0.206. The lowest BCUT2D eigenvalue weighted by molar-refractivity contribution is 0.249. The van der Waals surface area contributed by atoms with Gasteiger partial charge in [-0.05, 0) is 48.2 Å². The fourth-order valence-corrected chi connectivity index (χ4v) is 7.01. The lowest BCUT2D eigenvalue weighted by Gasteiger charge is -2.21. The summed E-state index contributed by atoms with van der Waals surface area (Å²) in [6, 6.07) is 10.3. The van der Waals surface area contributed by atoms with Gasteiger partial charge in [0.1, 0.15) is 0 Å². The van der Waals surface area contributed by atoms with Crippen LogP contribution in [0.15, 0.2) is 35.2 Å². The summed E-state index contributed by atoms with van der Waals surface area (Å²) in [7, 11) is 0. The first-order valence-electron chi connectivity index (χ1n) is 9.84. The van der Waals surface area contributed by atoms with Crippen LogP contribution in [0.2, 0.25) is 0 Å². The molecule has 0 radical (unpaired) electrons. The summed E-state index contributed by atoms with van der Waals surface area (Å²) in [6.07, 6.45) is 12.3. The lowest BCUT2D eigenvalue weighted by Crippen LogP contribution is -1.97. The minimum Gasteiger partial charge on any atom is -0.321 e. The van der Waals surface area contributed by atoms with Crippen LogP contribution in [-0.2, 0) is 20.9 Å². The van der Waals surface area contributed by atoms with Crippen molar-refractivity contribution < 1.29 is 9.05 Å². The molecule has 2 nitrogen and oxygen atoms in total. The van der Waals surface area contributed by atoms with Crippen LogP contribution in [0.3, 0.4) is 0 Å². The highest BCUT2D eigenvalue weighted by atomic mass is 32.9. The van der Waals surface area contributed by atoms with E-state index >= 15 is 0 Å². The highest BCUT2D eigenvalue weighted by molar-refractivity contribution is 8.67. The van der Waals surface area contributed by atoms with E-state index in [1.54, 1.807) is 11.4 Å². The van der Waals surface area contributed by atoms with Gasteiger partial charge in [-0.3, -0.25) is 0 Å². The Kier molecular flexibility index (Phi) is 14.1. The van der Waals surface area contributed by atoms with Gasteiger partial charge < -0.3 is 9.05 Å². The fraction of sp³-hybridized carbons (Fsp3) is 0.700. The average Bonchev–Trinajstić information content (AvgIpc) is 2.62. The van der Waals surface area contributed by atoms with E-state index in [1.165, 1.54) is 51.4 Å². The van der Waals surface area contributed by atoms with Crippen molar-refractivity contribution in [2.45, 2.75) is 83.0 Å². The van der Waals surface area contributed by atoms with Gasteiger partial charge in [-0.25, -0.2) is 0 Å². The van der Waals surface area contributed by atoms with Crippen molar-refractivity contribution in [3.8, 4) is 0 Å². The zero-order valence-corrected chi connectivity index (χ0v) is 18.5. The van der Waals surface area contributed by atoms with Gasteiger partial charge >= 0.3 is 0 Å². The molecule has 25 heavy (non-hydrogen) atoms. The second-order valence-corrected chi connectivity index (χ2v) is 12.5. The predicted molar refractivity (Wildman–Crippen MR) is 116 cm³/mol. The topological polar surface area (TPSA) is 18.5 Å². The van der Waals surface area contributed by atoms with E-state index < -0.39 is 5.69 Å². The Morgan fingerprint density at radius 3 is 1.72 bits per heavy atom. The number of unbranched alkanes of at least 4 members (excludes halogenated alkanes) is 8. The van der Waals surface area contributed by atoms with Crippen LogP contribution < -0.4 is 0 Å². The van der Waals surface area contributed by atoms with Crippen LogP contribution in [-0.4, -0.2) is 13.2 Å². The molecule has 0 saturated heterocycles. The number of benzene rings is 1. The fourth-order valence-electron chi connectivity index (χ4n) is 2.46. The third kappa shape index (κ3) is 12.2. The molecule has 0 N–H and O–H groups in total. The summed E-state index contributed by atoms with van der Waals surface area (Å²) < 4.78 is 12.2. The normalized spacial score (nSPS) is 11.8. The number of hydrogen-bond donors (Lipinski definition) is 0. The van der Waals surface area contributed by atoms with Crippen LogP contribution in [0.5, 0.6) is 0 Å². The molecule has 0 fully saturated rings. The van der Waals surface area contributed by atoms with E-state index in [1.807, 2.05) is 18.2 Å². The van der Waals surface area contributed by atoms with Gasteiger partial charge in [-0.15, -0.1) is 0 Å². The zero-order chi connectivity index (χ0) is 18.2. The van der Waals surface area contributed by atoms with Gasteiger partial charge in [0, 0.05) is 4.90 Å². The van der Waals surface area contributed by atoms with Crippen LogP contribution in [0.1, 0.15) is 78.1 Å². The molecule has 0 aliphatic heterocycles. The van der Waals surface area contributed by atoms with E-state index in [-0.39, 0.29) is 0 Å². The minimum absolute atomic E-state index is 0.719. The Labute approximate surface area is 164 Å². The molecular weight excluding hydrogens is 367 g/mol. The van der Waals surface area contributed by atoms with Crippen molar-refractivity contribution in [1.29, 1.82) is 0 Å². The van der Waals surface area contributed by atoms with Crippen molar-refractivity contribution in [2.75, 3.05) is 13.2 Å². The second-order valence-electron chi connectivity index (χ2n) is 6.35. The molecule has 1 aromatic carbocycles. The molecular formula is C20H35O2PS2. The summed E-state index contributed by atoms with van der Waals surface area (Å²) in [4.78, 5) is 1.14. The van der Waals surface area contributed by atoms with E-state index in [4.69, 9.17) is 20.9 Å². The first-order chi connectivity index (χ1) is 12.2. The largest absolute Gasteiger partial charge is 0.321 e. The SMILES string of the molecule is CCCCCCCOP(=S)(OCCCCCCC)Sc1ccccc1. The Morgan fingerprint density at radius 1 is 0.760 bits per heavy atom. The smallest absolute Gasteiger partial charge is 0.252 e. The molecule has 0 heterocycles. The molecule has 0 saturated carbocycles. The molecule has 0 aliphatic rings. The molecule has 5 heteroatoms. The van der Waals surface area contributed by atoms with Gasteiger partial charge in [-0.1, -0.05) is 83.4 Å². The molecule has 0 amide bonds. The van der Waals surface area contributed by atoms with Crippen LogP contribution in [0.4, 0.5) is 0 Å². The maximum Gasteiger partial charge on any atom is 0.252 e. The monoisotopic (exact) mass is 402 g/mol. The molecule has 0 unspecified atom stereocenters. The van der Waals surface area contributed by atoms with Crippen molar-refractivity contribution in [1.82, 2.24) is 0 Å². The van der Waals surface area contributed by atoms with Crippen molar-refractivity contribution >= 4 is 28.9 Å². The second kappa shape index (κ2) is 15.2. The Balaban J connectivity index is 2.41. The van der Waals surface area contributed by atoms with E-state index in [0.29, 0.717) is 0 Å². The Bertz CT molecular complexity index is 448. The Hall–Kier alpha value is 0.140. The molecule has 0 bridgehead atoms. The lowest BCUT2D eigenvalue weighted by atomic mass is 10.2. The summed E-state index contributed by atoms with van der Waals surface area (Å²) in [6.45, 7) is 5.91. The average molecular weight is 403 g/mol.